The summed E-state index contributed by atoms with van der Waals surface area (Å²) in [5, 5.41) is 3.12. The van der Waals surface area contributed by atoms with Gasteiger partial charge in [0.2, 0.25) is 5.76 Å². The van der Waals surface area contributed by atoms with E-state index < -0.39 is 22.1 Å². The topological polar surface area (TPSA) is 48.7 Å². The lowest BCUT2D eigenvalue weighted by atomic mass is 10.2. The van der Waals surface area contributed by atoms with Crippen LogP contribution in [0, 0.1) is 6.92 Å². The molecule has 1 aromatic carbocycles. The summed E-state index contributed by atoms with van der Waals surface area (Å²) in [5.74, 6) is 0.843. The highest BCUT2D eigenvalue weighted by Gasteiger charge is 2.40. The molecule has 0 aliphatic carbocycles. The second-order valence-corrected chi connectivity index (χ2v) is 18.0. The summed E-state index contributed by atoms with van der Waals surface area (Å²) in [4.78, 5) is 11.8. The number of fused-ring (bicyclic) bond motifs is 1. The van der Waals surface area contributed by atoms with E-state index in [-0.39, 0.29) is 5.76 Å². The quantitative estimate of drug-likeness (QED) is 0.575. The van der Waals surface area contributed by atoms with Crippen LogP contribution in [0.4, 0.5) is 0 Å². The van der Waals surface area contributed by atoms with Crippen molar-refractivity contribution in [2.24, 2.45) is 0 Å². The van der Waals surface area contributed by atoms with Crippen LogP contribution in [-0.2, 0) is 4.74 Å². The minimum absolute atomic E-state index is 0.167. The van der Waals surface area contributed by atoms with Gasteiger partial charge in [0.05, 0.1) is 22.8 Å². The van der Waals surface area contributed by atoms with Crippen molar-refractivity contribution < 1.29 is 18.7 Å². The smallest absolute Gasteiger partial charge is 0.374 e. The highest BCUT2D eigenvalue weighted by Crippen LogP contribution is 2.31. The van der Waals surface area contributed by atoms with Gasteiger partial charge in [-0.15, -0.1) is 0 Å². The number of hydrogen-bond donors (Lipinski definition) is 0. The van der Waals surface area contributed by atoms with E-state index in [1.165, 1.54) is 17.3 Å². The van der Waals surface area contributed by atoms with Gasteiger partial charge in [0, 0.05) is 6.07 Å². The Bertz CT molecular complexity index is 836. The number of carbonyl (C=O) groups excluding carboxylic acids is 1. The summed E-state index contributed by atoms with van der Waals surface area (Å²) >= 11 is 0. The molecule has 0 radical (unpaired) electrons. The number of carbonyl (C=O) groups is 1. The molecule has 1 aliphatic rings. The molecule has 2 heterocycles. The average molecular weight is 389 g/mol. The number of furan rings is 1. The Morgan fingerprint density at radius 1 is 1.08 bits per heavy atom. The summed E-state index contributed by atoms with van der Waals surface area (Å²) < 4.78 is 16.5. The number of aryl methyl sites for hydroxylation is 1. The van der Waals surface area contributed by atoms with Gasteiger partial charge >= 0.3 is 5.97 Å². The van der Waals surface area contributed by atoms with Crippen LogP contribution in [0.5, 0.6) is 11.7 Å². The molecule has 140 valence electrons. The third-order valence-electron chi connectivity index (χ3n) is 5.42. The Morgan fingerprint density at radius 3 is 2.31 bits per heavy atom. The van der Waals surface area contributed by atoms with Crippen molar-refractivity contribution in [2.75, 3.05) is 6.61 Å². The summed E-state index contributed by atoms with van der Waals surface area (Å²) in [6.45, 7) is 14.0. The van der Waals surface area contributed by atoms with E-state index in [2.05, 4.69) is 45.2 Å². The van der Waals surface area contributed by atoms with Crippen molar-refractivity contribution in [1.82, 2.24) is 0 Å². The van der Waals surface area contributed by atoms with Crippen LogP contribution in [0.2, 0.25) is 38.3 Å². The van der Waals surface area contributed by atoms with Crippen LogP contribution >= 0.6 is 0 Å². The summed E-state index contributed by atoms with van der Waals surface area (Å²) in [7, 11) is -2.82. The fourth-order valence-electron chi connectivity index (χ4n) is 3.61. The zero-order chi connectivity index (χ0) is 19.1. The van der Waals surface area contributed by atoms with Gasteiger partial charge in [-0.05, 0) is 31.5 Å². The lowest BCUT2D eigenvalue weighted by Gasteiger charge is -2.40. The molecule has 0 spiro atoms. The van der Waals surface area contributed by atoms with Gasteiger partial charge in [-0.25, -0.2) is 4.79 Å². The minimum Gasteiger partial charge on any atom is -0.460 e. The molecular weight excluding hydrogens is 360 g/mol. The Kier molecular flexibility index (Phi) is 4.92. The van der Waals surface area contributed by atoms with Gasteiger partial charge in [-0.2, -0.15) is 0 Å². The summed E-state index contributed by atoms with van der Waals surface area (Å²) in [5.41, 5.74) is 1.12. The van der Waals surface area contributed by atoms with Gasteiger partial charge in [-0.3, -0.25) is 0 Å². The molecule has 0 saturated heterocycles. The first-order chi connectivity index (χ1) is 12.1. The Labute approximate surface area is 157 Å². The fourth-order valence-corrected chi connectivity index (χ4v) is 13.9. The zero-order valence-corrected chi connectivity index (χ0v) is 18.6. The van der Waals surface area contributed by atoms with Gasteiger partial charge in [0.25, 0.3) is 5.95 Å². The second-order valence-electron chi connectivity index (χ2n) is 8.37. The molecule has 0 bridgehead atoms. The van der Waals surface area contributed by atoms with Crippen molar-refractivity contribution in [3.63, 3.8) is 0 Å². The van der Waals surface area contributed by atoms with Crippen molar-refractivity contribution in [3.8, 4) is 11.7 Å². The van der Waals surface area contributed by atoms with Gasteiger partial charge < -0.3 is 13.9 Å². The highest BCUT2D eigenvalue weighted by molar-refractivity contribution is 7.03. The molecule has 0 saturated carbocycles. The number of ether oxygens (including phenoxy) is 2. The van der Waals surface area contributed by atoms with E-state index in [0.29, 0.717) is 12.6 Å². The third-order valence-corrected chi connectivity index (χ3v) is 12.9. The number of rotatable bonds is 4. The molecular formula is C20H28O4Si2. The molecule has 0 unspecified atom stereocenters. The minimum atomic E-state index is -1.44. The van der Waals surface area contributed by atoms with E-state index in [0.717, 1.165) is 11.3 Å². The van der Waals surface area contributed by atoms with E-state index in [1.807, 2.05) is 0 Å². The van der Waals surface area contributed by atoms with Crippen molar-refractivity contribution >= 4 is 32.5 Å². The predicted octanol–water partition coefficient (Wildman–Crippen LogP) is 4.40. The van der Waals surface area contributed by atoms with E-state index in [1.54, 1.807) is 24.2 Å². The molecule has 6 heteroatoms. The van der Waals surface area contributed by atoms with Gasteiger partial charge in [0.15, 0.2) is 0 Å². The van der Waals surface area contributed by atoms with E-state index in [9.17, 15) is 4.79 Å². The fraction of sp³-hybridized carbons (Fsp3) is 0.450. The maximum atomic E-state index is 11.8. The number of esters is 1. The molecule has 26 heavy (non-hydrogen) atoms. The Hall–Kier alpha value is -1.80. The molecule has 2 aromatic rings. The predicted molar refractivity (Wildman–Crippen MR) is 110 cm³/mol. The first-order valence-corrected chi connectivity index (χ1v) is 15.7. The largest absolute Gasteiger partial charge is 0.460 e. The first-order valence-electron chi connectivity index (χ1n) is 9.24. The normalized spacial score (nSPS) is 17.5. The van der Waals surface area contributed by atoms with Crippen LogP contribution < -0.4 is 15.1 Å². The number of benzene rings is 1. The zero-order valence-electron chi connectivity index (χ0n) is 16.6. The van der Waals surface area contributed by atoms with Crippen molar-refractivity contribution in [1.29, 1.82) is 0 Å². The number of hydrogen-bond acceptors (Lipinski definition) is 4. The van der Waals surface area contributed by atoms with Gasteiger partial charge in [-0.1, -0.05) is 54.7 Å². The summed E-state index contributed by atoms with van der Waals surface area (Å²) in [6.07, 6.45) is 0. The summed E-state index contributed by atoms with van der Waals surface area (Å²) in [6, 6.07) is 10.6. The van der Waals surface area contributed by atoms with Crippen LogP contribution in [0.15, 0.2) is 28.7 Å². The van der Waals surface area contributed by atoms with Crippen molar-refractivity contribution in [3.05, 3.63) is 35.6 Å². The van der Waals surface area contributed by atoms with E-state index in [4.69, 9.17) is 13.9 Å². The monoisotopic (exact) mass is 388 g/mol. The van der Waals surface area contributed by atoms with Crippen LogP contribution in [0.25, 0.3) is 0 Å². The molecule has 0 N–H and O–H groups in total. The lowest BCUT2D eigenvalue weighted by molar-refractivity contribution is 0.0485. The maximum Gasteiger partial charge on any atom is 0.374 e. The Balaban J connectivity index is 1.94. The maximum absolute atomic E-state index is 11.8. The van der Waals surface area contributed by atoms with Crippen molar-refractivity contribution in [2.45, 2.75) is 52.1 Å². The third kappa shape index (κ3) is 3.53. The van der Waals surface area contributed by atoms with Crippen LogP contribution in [0.1, 0.15) is 23.0 Å². The molecule has 4 nitrogen and oxygen atoms in total. The van der Waals surface area contributed by atoms with Crippen LogP contribution in [0.3, 0.4) is 0 Å². The Morgan fingerprint density at radius 2 is 1.69 bits per heavy atom. The molecule has 0 fully saturated rings. The highest BCUT2D eigenvalue weighted by atomic mass is 28.3. The molecule has 1 aliphatic heterocycles. The molecule has 1 aromatic heterocycles. The second kappa shape index (κ2) is 6.74. The van der Waals surface area contributed by atoms with E-state index >= 15 is 0 Å². The lowest BCUT2D eigenvalue weighted by Crippen LogP contribution is -2.63. The average Bonchev–Trinajstić information content (AvgIpc) is 3.02. The van der Waals surface area contributed by atoms with Crippen LogP contribution in [-0.4, -0.2) is 28.7 Å². The van der Waals surface area contributed by atoms with Gasteiger partial charge in [0.1, 0.15) is 5.75 Å². The standard InChI is InChI=1S/C20H28O4Si2/c1-7-22-20(21)15-8-9-19(23-15)24-16-13-18-17(12-14(16)2)25(3,4)10-11-26(18,5)6/h8-9,12-13H,7,10-11H2,1-6H3. The molecule has 0 amide bonds. The molecule has 3 rings (SSSR count). The molecule has 0 atom stereocenters. The SMILES string of the molecule is CCOC(=O)c1ccc(Oc2cc3c(cc2C)[Si](C)(C)CC[Si]3(C)C)o1. The first kappa shape index (κ1) is 19.0.